The van der Waals surface area contributed by atoms with Crippen molar-refractivity contribution >= 4 is 15.9 Å². The molecular formula is C10H16N2O3S. The Labute approximate surface area is 95.0 Å². The number of nitrogens with one attached hydrogen (secondary N) is 2. The van der Waals surface area contributed by atoms with E-state index < -0.39 is 10.0 Å². The van der Waals surface area contributed by atoms with Crippen molar-refractivity contribution in [3.8, 4) is 0 Å². The first-order valence-corrected chi connectivity index (χ1v) is 7.34. The summed E-state index contributed by atoms with van der Waals surface area (Å²) in [5, 5.41) is 2.79. The zero-order valence-electron chi connectivity index (χ0n) is 9.03. The predicted octanol–water partition coefficient (Wildman–Crippen LogP) is -0.263. The van der Waals surface area contributed by atoms with Gasteiger partial charge in [-0.1, -0.05) is 0 Å². The van der Waals surface area contributed by atoms with Gasteiger partial charge in [0.05, 0.1) is 11.3 Å². The van der Waals surface area contributed by atoms with E-state index in [-0.39, 0.29) is 17.2 Å². The lowest BCUT2D eigenvalue weighted by Gasteiger charge is -2.11. The molecule has 6 heteroatoms. The van der Waals surface area contributed by atoms with E-state index in [9.17, 15) is 13.2 Å². The summed E-state index contributed by atoms with van der Waals surface area (Å²) >= 11 is 0. The fourth-order valence-electron chi connectivity index (χ4n) is 2.33. The molecule has 2 N–H and O–H groups in total. The lowest BCUT2D eigenvalue weighted by Crippen LogP contribution is -2.44. The molecule has 3 aliphatic rings. The molecule has 3 fully saturated rings. The van der Waals surface area contributed by atoms with Crippen LogP contribution in [0.15, 0.2) is 0 Å². The highest BCUT2D eigenvalue weighted by molar-refractivity contribution is 7.90. The molecule has 3 rings (SSSR count). The Morgan fingerprint density at radius 1 is 1.31 bits per heavy atom. The summed E-state index contributed by atoms with van der Waals surface area (Å²) in [7, 11) is -3.38. The minimum atomic E-state index is -3.38. The minimum absolute atomic E-state index is 0.309. The number of amides is 1. The van der Waals surface area contributed by atoms with Crippen molar-refractivity contribution < 1.29 is 13.2 Å². The number of hydrogen-bond donors (Lipinski definition) is 2. The highest BCUT2D eigenvalue weighted by atomic mass is 32.2. The Bertz CT molecular complexity index is 423. The van der Waals surface area contributed by atoms with Gasteiger partial charge in [-0.15, -0.1) is 0 Å². The molecule has 1 heterocycles. The standard InChI is InChI=1S/C10H16N2O3S/c13-9(12-16(14,15)7-1-2-7)8-5-10(3-4-10)6-11-8/h7-8,11H,1-6H2,(H,12,13)/t8-/m0/s1. The zero-order valence-corrected chi connectivity index (χ0v) is 9.85. The lowest BCUT2D eigenvalue weighted by atomic mass is 10.0. The summed E-state index contributed by atoms with van der Waals surface area (Å²) in [4.78, 5) is 11.8. The van der Waals surface area contributed by atoms with E-state index in [4.69, 9.17) is 0 Å². The third-order valence-corrected chi connectivity index (χ3v) is 5.68. The molecule has 0 bridgehead atoms. The van der Waals surface area contributed by atoms with Gasteiger partial charge in [-0.3, -0.25) is 9.52 Å². The molecule has 16 heavy (non-hydrogen) atoms. The maximum absolute atomic E-state index is 11.8. The van der Waals surface area contributed by atoms with Crippen LogP contribution in [0.5, 0.6) is 0 Å². The number of hydrogen-bond acceptors (Lipinski definition) is 4. The van der Waals surface area contributed by atoms with E-state index in [2.05, 4.69) is 10.0 Å². The summed E-state index contributed by atoms with van der Waals surface area (Å²) in [5.41, 5.74) is 0.311. The van der Waals surface area contributed by atoms with Crippen molar-refractivity contribution in [3.63, 3.8) is 0 Å². The molecule has 90 valence electrons. The molecule has 0 aromatic heterocycles. The highest BCUT2D eigenvalue weighted by Crippen LogP contribution is 2.51. The van der Waals surface area contributed by atoms with Crippen LogP contribution in [0.4, 0.5) is 0 Å². The summed E-state index contributed by atoms with van der Waals surface area (Å²) in [6, 6.07) is -0.309. The third kappa shape index (κ3) is 1.84. The van der Waals surface area contributed by atoms with E-state index >= 15 is 0 Å². The van der Waals surface area contributed by atoms with Gasteiger partial charge in [0.15, 0.2) is 0 Å². The van der Waals surface area contributed by atoms with E-state index in [1.807, 2.05) is 0 Å². The fourth-order valence-corrected chi connectivity index (χ4v) is 3.68. The fraction of sp³-hybridized carbons (Fsp3) is 0.900. The molecule has 0 unspecified atom stereocenters. The van der Waals surface area contributed by atoms with Gasteiger partial charge in [-0.05, 0) is 37.5 Å². The van der Waals surface area contributed by atoms with Crippen LogP contribution in [-0.2, 0) is 14.8 Å². The molecule has 0 radical (unpaired) electrons. The first-order chi connectivity index (χ1) is 7.51. The van der Waals surface area contributed by atoms with Crippen molar-refractivity contribution in [3.05, 3.63) is 0 Å². The number of sulfonamides is 1. The molecule has 1 amide bonds. The van der Waals surface area contributed by atoms with Gasteiger partial charge in [0.25, 0.3) is 5.91 Å². The predicted molar refractivity (Wildman–Crippen MR) is 58.2 cm³/mol. The highest BCUT2D eigenvalue weighted by Gasteiger charge is 2.50. The van der Waals surface area contributed by atoms with Crippen LogP contribution in [0, 0.1) is 5.41 Å². The van der Waals surface area contributed by atoms with Crippen LogP contribution in [0.25, 0.3) is 0 Å². The Morgan fingerprint density at radius 2 is 2.00 bits per heavy atom. The second-order valence-electron chi connectivity index (χ2n) is 5.35. The normalized spacial score (nSPS) is 31.6. The summed E-state index contributed by atoms with van der Waals surface area (Å²) in [6.07, 6.45) is 4.49. The second kappa shape index (κ2) is 3.20. The Hall–Kier alpha value is -0.620. The molecule has 1 saturated heterocycles. The van der Waals surface area contributed by atoms with Gasteiger partial charge >= 0.3 is 0 Å². The van der Waals surface area contributed by atoms with E-state index in [0.29, 0.717) is 18.3 Å². The van der Waals surface area contributed by atoms with Gasteiger partial charge < -0.3 is 5.32 Å². The van der Waals surface area contributed by atoms with Crippen molar-refractivity contribution in [1.29, 1.82) is 0 Å². The molecule has 1 aliphatic heterocycles. The third-order valence-electron chi connectivity index (χ3n) is 3.84. The van der Waals surface area contributed by atoms with Crippen LogP contribution in [-0.4, -0.2) is 32.2 Å². The molecule has 2 saturated carbocycles. The SMILES string of the molecule is O=C(NS(=O)(=O)C1CC1)[C@@H]1CC2(CC2)CN1. The number of carbonyl (C=O) groups excluding carboxylic acids is 1. The van der Waals surface area contributed by atoms with Crippen LogP contribution in [0.2, 0.25) is 0 Å². The monoisotopic (exact) mass is 244 g/mol. The molecule has 5 nitrogen and oxygen atoms in total. The summed E-state index contributed by atoms with van der Waals surface area (Å²) < 4.78 is 25.4. The van der Waals surface area contributed by atoms with Crippen molar-refractivity contribution in [2.24, 2.45) is 5.41 Å². The van der Waals surface area contributed by atoms with E-state index in [1.165, 1.54) is 12.8 Å². The largest absolute Gasteiger partial charge is 0.305 e. The molecule has 1 atom stereocenters. The van der Waals surface area contributed by atoms with Crippen molar-refractivity contribution in [2.75, 3.05) is 6.54 Å². The molecule has 0 aromatic carbocycles. The first kappa shape index (κ1) is 10.5. The second-order valence-corrected chi connectivity index (χ2v) is 7.31. The number of carbonyl (C=O) groups is 1. The van der Waals surface area contributed by atoms with Crippen LogP contribution in [0.1, 0.15) is 32.1 Å². The molecule has 0 aromatic rings. The summed E-state index contributed by atoms with van der Waals surface area (Å²) in [6.45, 7) is 0.856. The van der Waals surface area contributed by atoms with Crippen molar-refractivity contribution in [1.82, 2.24) is 10.0 Å². The maximum atomic E-state index is 11.8. The van der Waals surface area contributed by atoms with Gasteiger partial charge in [-0.2, -0.15) is 0 Å². The average Bonchev–Trinajstić information content (AvgIpc) is 3.02. The Balaban J connectivity index is 1.61. The maximum Gasteiger partial charge on any atom is 0.250 e. The Morgan fingerprint density at radius 3 is 2.50 bits per heavy atom. The van der Waals surface area contributed by atoms with Gasteiger partial charge in [0, 0.05) is 6.54 Å². The molecule has 1 spiro atoms. The Kier molecular flexibility index (Phi) is 2.10. The first-order valence-electron chi connectivity index (χ1n) is 5.80. The topological polar surface area (TPSA) is 75.3 Å². The van der Waals surface area contributed by atoms with E-state index in [1.54, 1.807) is 0 Å². The van der Waals surface area contributed by atoms with Crippen LogP contribution < -0.4 is 10.0 Å². The van der Waals surface area contributed by atoms with Crippen LogP contribution in [0.3, 0.4) is 0 Å². The number of rotatable bonds is 3. The minimum Gasteiger partial charge on any atom is -0.305 e. The van der Waals surface area contributed by atoms with Gasteiger partial charge in [0.2, 0.25) is 10.0 Å². The quantitative estimate of drug-likeness (QED) is 0.717. The molecule has 2 aliphatic carbocycles. The lowest BCUT2D eigenvalue weighted by molar-refractivity contribution is -0.121. The van der Waals surface area contributed by atoms with E-state index in [0.717, 1.165) is 13.0 Å². The van der Waals surface area contributed by atoms with Crippen molar-refractivity contribution in [2.45, 2.75) is 43.4 Å². The van der Waals surface area contributed by atoms with Gasteiger partial charge in [0.1, 0.15) is 0 Å². The van der Waals surface area contributed by atoms with Gasteiger partial charge in [-0.25, -0.2) is 8.42 Å². The molecular weight excluding hydrogens is 228 g/mol. The van der Waals surface area contributed by atoms with Crippen LogP contribution >= 0.6 is 0 Å². The summed E-state index contributed by atoms with van der Waals surface area (Å²) in [5.74, 6) is -0.365. The zero-order chi connectivity index (χ0) is 11.4. The smallest absolute Gasteiger partial charge is 0.250 e. The average molecular weight is 244 g/mol.